The fraction of sp³-hybridized carbons (Fsp3) is 0.458. The molecule has 0 aliphatic heterocycles. The number of hydrogen-bond acceptors (Lipinski definition) is 2. The summed E-state index contributed by atoms with van der Waals surface area (Å²) < 4.78 is 0. The van der Waals surface area contributed by atoms with Crippen molar-refractivity contribution >= 4 is 11.6 Å². The van der Waals surface area contributed by atoms with Crippen molar-refractivity contribution in [2.45, 2.75) is 57.4 Å². The first-order valence-corrected chi connectivity index (χ1v) is 10.4. The van der Waals surface area contributed by atoms with Gasteiger partial charge in [0.2, 0.25) is 0 Å². The third-order valence-electron chi connectivity index (χ3n) is 5.23. The lowest BCUT2D eigenvalue weighted by Crippen LogP contribution is -2.24. The van der Waals surface area contributed by atoms with Gasteiger partial charge in [0, 0.05) is 24.8 Å². The Morgan fingerprint density at radius 3 is 2.22 bits per heavy atom. The molecule has 3 heteroatoms. The number of nitrogens with zero attached hydrogens (tertiary/aromatic N) is 2. The second kappa shape index (κ2) is 11.8. The van der Waals surface area contributed by atoms with Crippen LogP contribution in [0.3, 0.4) is 0 Å². The average Bonchev–Trinajstić information content (AvgIpc) is 2.68. The lowest BCUT2D eigenvalue weighted by Gasteiger charge is -2.32. The molecule has 0 heterocycles. The standard InChI is InChI=1S/C22H28ClN.C2H3N/c1-2-24(17-19-7-4-3-5-8-19)16-6-9-18-10-12-20(13-11-18)21-14-15-22(21)23;1-2-3/h3-5,7-8,10-13,21-22H,2,6,9,14-17H2,1H3;1H3. The van der Waals surface area contributed by atoms with E-state index in [9.17, 15) is 0 Å². The van der Waals surface area contributed by atoms with Crippen molar-refractivity contribution in [3.8, 4) is 6.07 Å². The Morgan fingerprint density at radius 1 is 1.04 bits per heavy atom. The number of hydrogen-bond donors (Lipinski definition) is 0. The molecule has 0 amide bonds. The van der Waals surface area contributed by atoms with E-state index in [2.05, 4.69) is 66.4 Å². The number of nitriles is 1. The highest BCUT2D eigenvalue weighted by Crippen LogP contribution is 2.40. The quantitative estimate of drug-likeness (QED) is 0.511. The molecular formula is C24H31ClN2. The van der Waals surface area contributed by atoms with Crippen molar-refractivity contribution in [2.75, 3.05) is 13.1 Å². The summed E-state index contributed by atoms with van der Waals surface area (Å²) in [5.41, 5.74) is 4.27. The zero-order valence-electron chi connectivity index (χ0n) is 16.6. The molecule has 2 atom stereocenters. The van der Waals surface area contributed by atoms with Crippen LogP contribution < -0.4 is 0 Å². The predicted molar refractivity (Wildman–Crippen MR) is 115 cm³/mol. The zero-order valence-corrected chi connectivity index (χ0v) is 17.3. The van der Waals surface area contributed by atoms with Gasteiger partial charge in [-0.15, -0.1) is 11.6 Å². The Hall–Kier alpha value is -1.82. The van der Waals surface area contributed by atoms with Crippen LogP contribution in [0.5, 0.6) is 0 Å². The lowest BCUT2D eigenvalue weighted by molar-refractivity contribution is 0.276. The maximum Gasteiger partial charge on any atom is 0.0587 e. The summed E-state index contributed by atoms with van der Waals surface area (Å²) in [6.07, 6.45) is 4.78. The van der Waals surface area contributed by atoms with Gasteiger partial charge in [-0.25, -0.2) is 0 Å². The summed E-state index contributed by atoms with van der Waals surface area (Å²) in [5, 5.41) is 7.67. The van der Waals surface area contributed by atoms with E-state index in [1.54, 1.807) is 6.07 Å². The van der Waals surface area contributed by atoms with E-state index >= 15 is 0 Å². The molecule has 1 aliphatic carbocycles. The van der Waals surface area contributed by atoms with Crippen LogP contribution in [0.1, 0.15) is 55.7 Å². The Bertz CT molecular complexity index is 691. The molecule has 0 N–H and O–H groups in total. The largest absolute Gasteiger partial charge is 0.299 e. The van der Waals surface area contributed by atoms with E-state index < -0.39 is 0 Å². The minimum Gasteiger partial charge on any atom is -0.299 e. The Balaban J connectivity index is 0.000000817. The highest BCUT2D eigenvalue weighted by Gasteiger charge is 2.29. The maximum atomic E-state index is 7.32. The van der Waals surface area contributed by atoms with Gasteiger partial charge in [0.1, 0.15) is 0 Å². The van der Waals surface area contributed by atoms with Gasteiger partial charge < -0.3 is 0 Å². The monoisotopic (exact) mass is 382 g/mol. The molecule has 0 saturated heterocycles. The van der Waals surface area contributed by atoms with Gasteiger partial charge in [-0.2, -0.15) is 5.26 Å². The summed E-state index contributed by atoms with van der Waals surface area (Å²) in [4.78, 5) is 2.52. The van der Waals surface area contributed by atoms with Crippen LogP contribution in [0, 0.1) is 11.3 Å². The second-order valence-electron chi connectivity index (χ2n) is 7.12. The third kappa shape index (κ3) is 7.01. The minimum atomic E-state index is 0.354. The molecule has 2 unspecified atom stereocenters. The van der Waals surface area contributed by atoms with Crippen molar-refractivity contribution in [1.29, 1.82) is 5.26 Å². The molecule has 0 spiro atoms. The summed E-state index contributed by atoms with van der Waals surface area (Å²) in [5.74, 6) is 0.585. The molecular weight excluding hydrogens is 352 g/mol. The highest BCUT2D eigenvalue weighted by atomic mass is 35.5. The smallest absolute Gasteiger partial charge is 0.0587 e. The van der Waals surface area contributed by atoms with E-state index in [1.165, 1.54) is 42.9 Å². The van der Waals surface area contributed by atoms with Gasteiger partial charge in [-0.05, 0) is 55.5 Å². The Labute approximate surface area is 169 Å². The van der Waals surface area contributed by atoms with Gasteiger partial charge in [0.15, 0.2) is 0 Å². The van der Waals surface area contributed by atoms with E-state index in [-0.39, 0.29) is 0 Å². The third-order valence-corrected chi connectivity index (χ3v) is 5.76. The predicted octanol–water partition coefficient (Wildman–Crippen LogP) is 6.16. The second-order valence-corrected chi connectivity index (χ2v) is 7.68. The molecule has 0 radical (unpaired) electrons. The van der Waals surface area contributed by atoms with Gasteiger partial charge in [0.05, 0.1) is 6.07 Å². The minimum absolute atomic E-state index is 0.354. The first kappa shape index (κ1) is 21.5. The fourth-order valence-electron chi connectivity index (χ4n) is 3.46. The van der Waals surface area contributed by atoms with Crippen LogP contribution in [0.15, 0.2) is 54.6 Å². The lowest BCUT2D eigenvalue weighted by atomic mass is 9.79. The molecule has 1 saturated carbocycles. The summed E-state index contributed by atoms with van der Waals surface area (Å²) in [7, 11) is 0. The van der Waals surface area contributed by atoms with Gasteiger partial charge in [-0.1, -0.05) is 61.5 Å². The molecule has 1 aliphatic rings. The summed E-state index contributed by atoms with van der Waals surface area (Å²) >= 11 is 6.28. The topological polar surface area (TPSA) is 27.0 Å². The van der Waals surface area contributed by atoms with Crippen LogP contribution >= 0.6 is 11.6 Å². The molecule has 1 fully saturated rings. The van der Waals surface area contributed by atoms with Crippen molar-refractivity contribution in [2.24, 2.45) is 0 Å². The molecule has 2 nitrogen and oxygen atoms in total. The van der Waals surface area contributed by atoms with E-state index in [4.69, 9.17) is 16.9 Å². The Kier molecular flexibility index (Phi) is 9.39. The van der Waals surface area contributed by atoms with Crippen LogP contribution in [-0.2, 0) is 13.0 Å². The molecule has 144 valence electrons. The van der Waals surface area contributed by atoms with Gasteiger partial charge in [0.25, 0.3) is 0 Å². The molecule has 2 aromatic rings. The van der Waals surface area contributed by atoms with Crippen LogP contribution in [0.2, 0.25) is 0 Å². The number of rotatable bonds is 8. The molecule has 27 heavy (non-hydrogen) atoms. The fourth-order valence-corrected chi connectivity index (χ4v) is 3.86. The van der Waals surface area contributed by atoms with Crippen molar-refractivity contribution in [3.05, 3.63) is 71.3 Å². The van der Waals surface area contributed by atoms with Crippen LogP contribution in [0.4, 0.5) is 0 Å². The summed E-state index contributed by atoms with van der Waals surface area (Å²) in [6.45, 7) is 6.99. The number of aryl methyl sites for hydroxylation is 1. The van der Waals surface area contributed by atoms with Crippen LogP contribution in [-0.4, -0.2) is 23.4 Å². The SMILES string of the molecule is CC#N.CCN(CCCc1ccc(C2CCC2Cl)cc1)Cc1ccccc1. The normalized spacial score (nSPS) is 18.2. The number of benzene rings is 2. The molecule has 0 bridgehead atoms. The number of alkyl halides is 1. The molecule has 0 aromatic heterocycles. The maximum absolute atomic E-state index is 7.32. The van der Waals surface area contributed by atoms with Gasteiger partial charge >= 0.3 is 0 Å². The summed E-state index contributed by atoms with van der Waals surface area (Å²) in [6, 6.07) is 21.7. The van der Waals surface area contributed by atoms with E-state index in [1.807, 2.05) is 0 Å². The first-order valence-electron chi connectivity index (χ1n) is 9.98. The molecule has 2 aromatic carbocycles. The zero-order chi connectivity index (χ0) is 19.5. The van der Waals surface area contributed by atoms with E-state index in [0.717, 1.165) is 26.1 Å². The molecule has 3 rings (SSSR count). The van der Waals surface area contributed by atoms with Crippen molar-refractivity contribution in [1.82, 2.24) is 4.90 Å². The average molecular weight is 383 g/mol. The number of halogens is 1. The Morgan fingerprint density at radius 2 is 1.70 bits per heavy atom. The van der Waals surface area contributed by atoms with E-state index in [0.29, 0.717) is 11.3 Å². The van der Waals surface area contributed by atoms with Crippen molar-refractivity contribution in [3.63, 3.8) is 0 Å². The van der Waals surface area contributed by atoms with Crippen molar-refractivity contribution < 1.29 is 0 Å². The first-order chi connectivity index (χ1) is 13.2. The highest BCUT2D eigenvalue weighted by molar-refractivity contribution is 6.21. The van der Waals surface area contributed by atoms with Gasteiger partial charge in [-0.3, -0.25) is 4.90 Å². The van der Waals surface area contributed by atoms with Crippen LogP contribution in [0.25, 0.3) is 0 Å².